The Morgan fingerprint density at radius 1 is 1.08 bits per heavy atom. The Bertz CT molecular complexity index is 891. The summed E-state index contributed by atoms with van der Waals surface area (Å²) in [4.78, 5) is 4.39. The maximum absolute atomic E-state index is 9.33. The standard InChI is InChI=1S/C20H17N3O/c1-13-7-9-15(10-8-13)22-20-18(12-21)23-19(24-20)17-11-16(17)14-5-3-2-4-6-14/h2-10,16-17,22H,11H2,1H3/t16-,17-/m0/s1. The monoisotopic (exact) mass is 315 g/mol. The van der Waals surface area contributed by atoms with Crippen molar-refractivity contribution < 1.29 is 4.42 Å². The van der Waals surface area contributed by atoms with Gasteiger partial charge in [0.25, 0.3) is 0 Å². The summed E-state index contributed by atoms with van der Waals surface area (Å²) in [6.07, 6.45) is 1.01. The zero-order valence-corrected chi connectivity index (χ0v) is 13.4. The summed E-state index contributed by atoms with van der Waals surface area (Å²) in [6.45, 7) is 2.04. The van der Waals surface area contributed by atoms with Gasteiger partial charge in [-0.2, -0.15) is 5.26 Å². The highest BCUT2D eigenvalue weighted by Gasteiger charge is 2.43. The van der Waals surface area contributed by atoms with Crippen molar-refractivity contribution in [1.29, 1.82) is 5.26 Å². The van der Waals surface area contributed by atoms with Gasteiger partial charge >= 0.3 is 0 Å². The molecule has 4 rings (SSSR count). The van der Waals surface area contributed by atoms with Crippen molar-refractivity contribution in [2.75, 3.05) is 5.32 Å². The Balaban J connectivity index is 1.55. The van der Waals surface area contributed by atoms with E-state index in [1.54, 1.807) is 0 Å². The van der Waals surface area contributed by atoms with Crippen LogP contribution >= 0.6 is 0 Å². The molecule has 1 heterocycles. The van der Waals surface area contributed by atoms with Crippen LogP contribution in [0.1, 0.15) is 41.0 Å². The maximum Gasteiger partial charge on any atom is 0.236 e. The average Bonchev–Trinajstić information content (AvgIpc) is 3.32. The molecule has 2 atom stereocenters. The summed E-state index contributed by atoms with van der Waals surface area (Å²) in [5.41, 5.74) is 3.68. The Labute approximate surface area is 140 Å². The van der Waals surface area contributed by atoms with Crippen molar-refractivity contribution in [3.05, 3.63) is 77.3 Å². The molecule has 4 heteroatoms. The highest BCUT2D eigenvalue weighted by Crippen LogP contribution is 2.54. The fourth-order valence-electron chi connectivity index (χ4n) is 2.96. The highest BCUT2D eigenvalue weighted by atomic mass is 16.4. The maximum atomic E-state index is 9.33. The molecule has 0 amide bonds. The van der Waals surface area contributed by atoms with Gasteiger partial charge in [-0.1, -0.05) is 48.0 Å². The first kappa shape index (κ1) is 14.5. The van der Waals surface area contributed by atoms with Crippen molar-refractivity contribution >= 4 is 11.6 Å². The summed E-state index contributed by atoms with van der Waals surface area (Å²) in [5.74, 6) is 1.77. The molecule has 1 aromatic heterocycles. The lowest BCUT2D eigenvalue weighted by atomic mass is 10.1. The van der Waals surface area contributed by atoms with Crippen LogP contribution in [0.25, 0.3) is 0 Å². The summed E-state index contributed by atoms with van der Waals surface area (Å²) in [6, 6.07) is 20.4. The second kappa shape index (κ2) is 5.86. The summed E-state index contributed by atoms with van der Waals surface area (Å²) >= 11 is 0. The molecule has 1 saturated carbocycles. The molecule has 1 aliphatic carbocycles. The van der Waals surface area contributed by atoms with E-state index in [-0.39, 0.29) is 5.92 Å². The van der Waals surface area contributed by atoms with Crippen LogP contribution in [-0.4, -0.2) is 4.98 Å². The van der Waals surface area contributed by atoms with Crippen molar-refractivity contribution in [3.63, 3.8) is 0 Å². The molecule has 0 radical (unpaired) electrons. The Morgan fingerprint density at radius 3 is 2.54 bits per heavy atom. The van der Waals surface area contributed by atoms with E-state index in [1.807, 2.05) is 49.4 Å². The van der Waals surface area contributed by atoms with Gasteiger partial charge in [-0.15, -0.1) is 0 Å². The second-order valence-electron chi connectivity index (χ2n) is 6.19. The minimum absolute atomic E-state index is 0.257. The first-order chi connectivity index (χ1) is 11.7. The topological polar surface area (TPSA) is 61.9 Å². The number of benzene rings is 2. The van der Waals surface area contributed by atoms with Gasteiger partial charge < -0.3 is 9.73 Å². The van der Waals surface area contributed by atoms with Crippen LogP contribution in [0.4, 0.5) is 11.6 Å². The Hall–Kier alpha value is -3.06. The van der Waals surface area contributed by atoms with Gasteiger partial charge in [-0.25, -0.2) is 4.98 Å². The third-order valence-electron chi connectivity index (χ3n) is 4.39. The lowest BCUT2D eigenvalue weighted by Gasteiger charge is -2.03. The number of hydrogen-bond donors (Lipinski definition) is 1. The number of nitrogens with one attached hydrogen (secondary N) is 1. The molecule has 0 bridgehead atoms. The summed E-state index contributed by atoms with van der Waals surface area (Å²) in [7, 11) is 0. The molecule has 0 aliphatic heterocycles. The number of aromatic nitrogens is 1. The highest BCUT2D eigenvalue weighted by molar-refractivity contribution is 5.59. The van der Waals surface area contributed by atoms with E-state index in [1.165, 1.54) is 11.1 Å². The fraction of sp³-hybridized carbons (Fsp3) is 0.200. The first-order valence-corrected chi connectivity index (χ1v) is 8.04. The molecule has 0 saturated heterocycles. The van der Waals surface area contributed by atoms with E-state index < -0.39 is 0 Å². The number of aryl methyl sites for hydroxylation is 1. The molecular weight excluding hydrogens is 298 g/mol. The van der Waals surface area contributed by atoms with Crippen molar-refractivity contribution in [3.8, 4) is 6.07 Å². The van der Waals surface area contributed by atoms with E-state index >= 15 is 0 Å². The minimum atomic E-state index is 0.257. The third-order valence-corrected chi connectivity index (χ3v) is 4.39. The van der Waals surface area contributed by atoms with E-state index in [9.17, 15) is 5.26 Å². The number of nitriles is 1. The zero-order chi connectivity index (χ0) is 16.5. The molecule has 1 fully saturated rings. The minimum Gasteiger partial charge on any atom is -0.423 e. The Morgan fingerprint density at radius 2 is 1.83 bits per heavy atom. The van der Waals surface area contributed by atoms with Crippen molar-refractivity contribution in [2.24, 2.45) is 0 Å². The van der Waals surface area contributed by atoms with Crippen LogP contribution in [-0.2, 0) is 0 Å². The van der Waals surface area contributed by atoms with Gasteiger partial charge in [0.05, 0.1) is 0 Å². The van der Waals surface area contributed by atoms with Gasteiger partial charge in [0.1, 0.15) is 6.07 Å². The molecule has 0 unspecified atom stereocenters. The van der Waals surface area contributed by atoms with E-state index in [2.05, 4.69) is 28.5 Å². The van der Waals surface area contributed by atoms with Crippen LogP contribution in [0.3, 0.4) is 0 Å². The van der Waals surface area contributed by atoms with E-state index in [4.69, 9.17) is 4.42 Å². The molecule has 0 spiro atoms. The van der Waals surface area contributed by atoms with Crippen LogP contribution < -0.4 is 5.32 Å². The quantitative estimate of drug-likeness (QED) is 0.746. The number of anilines is 2. The molecular formula is C20H17N3O. The predicted octanol–water partition coefficient (Wildman–Crippen LogP) is 4.87. The van der Waals surface area contributed by atoms with E-state index in [0.29, 0.717) is 23.4 Å². The third kappa shape index (κ3) is 2.77. The van der Waals surface area contributed by atoms with E-state index in [0.717, 1.165) is 12.1 Å². The zero-order valence-electron chi connectivity index (χ0n) is 13.4. The van der Waals surface area contributed by atoms with Crippen LogP contribution in [0.15, 0.2) is 59.0 Å². The molecule has 4 nitrogen and oxygen atoms in total. The molecule has 1 aliphatic rings. The summed E-state index contributed by atoms with van der Waals surface area (Å²) in [5, 5.41) is 12.5. The fourth-order valence-corrected chi connectivity index (χ4v) is 2.96. The van der Waals surface area contributed by atoms with Gasteiger partial charge in [-0.3, -0.25) is 0 Å². The van der Waals surface area contributed by atoms with Crippen LogP contribution in [0, 0.1) is 18.3 Å². The normalized spacial score (nSPS) is 18.8. The number of oxazole rings is 1. The largest absolute Gasteiger partial charge is 0.423 e. The first-order valence-electron chi connectivity index (χ1n) is 8.04. The van der Waals surface area contributed by atoms with Crippen molar-refractivity contribution in [1.82, 2.24) is 4.98 Å². The lowest BCUT2D eigenvalue weighted by molar-refractivity contribution is 0.509. The lowest BCUT2D eigenvalue weighted by Crippen LogP contribution is -1.90. The van der Waals surface area contributed by atoms with Crippen molar-refractivity contribution in [2.45, 2.75) is 25.2 Å². The Kier molecular flexibility index (Phi) is 3.55. The second-order valence-corrected chi connectivity index (χ2v) is 6.19. The smallest absolute Gasteiger partial charge is 0.236 e. The summed E-state index contributed by atoms with van der Waals surface area (Å²) < 4.78 is 5.87. The molecule has 3 aromatic rings. The van der Waals surface area contributed by atoms with Crippen LogP contribution in [0.2, 0.25) is 0 Å². The van der Waals surface area contributed by atoms with Gasteiger partial charge in [0, 0.05) is 11.6 Å². The number of rotatable bonds is 4. The van der Waals surface area contributed by atoms with Gasteiger partial charge in [-0.05, 0) is 37.0 Å². The number of nitrogens with zero attached hydrogens (tertiary/aromatic N) is 2. The van der Waals surface area contributed by atoms with Gasteiger partial charge in [0.2, 0.25) is 17.5 Å². The molecule has 1 N–H and O–H groups in total. The van der Waals surface area contributed by atoms with Crippen LogP contribution in [0.5, 0.6) is 0 Å². The molecule has 118 valence electrons. The number of hydrogen-bond acceptors (Lipinski definition) is 4. The molecule has 24 heavy (non-hydrogen) atoms. The van der Waals surface area contributed by atoms with Gasteiger partial charge in [0.15, 0.2) is 0 Å². The SMILES string of the molecule is Cc1ccc(Nc2oc([C@H]3C[C@H]3c3ccccc3)nc2C#N)cc1. The molecule has 2 aromatic carbocycles. The average molecular weight is 315 g/mol. The predicted molar refractivity (Wildman–Crippen MR) is 92.2 cm³/mol.